The Bertz CT molecular complexity index is 234. The van der Waals surface area contributed by atoms with Gasteiger partial charge in [0.25, 0.3) is 0 Å². The van der Waals surface area contributed by atoms with Gasteiger partial charge in [-0.15, -0.1) is 9.05 Å². The van der Waals surface area contributed by atoms with Gasteiger partial charge < -0.3 is 0 Å². The summed E-state index contributed by atoms with van der Waals surface area (Å²) >= 11 is 0. The lowest BCUT2D eigenvalue weighted by atomic mass is 10.0. The molecule has 0 radical (unpaired) electrons. The zero-order valence-electron chi connectivity index (χ0n) is 15.0. The molecule has 0 aliphatic heterocycles. The molecule has 0 aliphatic carbocycles. The summed E-state index contributed by atoms with van der Waals surface area (Å²) in [6.07, 6.45) is 18.8. The molecule has 0 saturated heterocycles. The van der Waals surface area contributed by atoms with Gasteiger partial charge in [-0.1, -0.05) is 90.4 Å². The van der Waals surface area contributed by atoms with Gasteiger partial charge in [0.1, 0.15) is 13.2 Å². The van der Waals surface area contributed by atoms with Crippen molar-refractivity contribution < 1.29 is 13.6 Å². The summed E-state index contributed by atoms with van der Waals surface area (Å²) in [5.41, 5.74) is 0. The summed E-state index contributed by atoms with van der Waals surface area (Å²) in [6, 6.07) is 0. The van der Waals surface area contributed by atoms with Gasteiger partial charge in [0, 0.05) is 4.57 Å². The highest BCUT2D eigenvalue weighted by Gasteiger charge is 2.17. The molecule has 132 valence electrons. The van der Waals surface area contributed by atoms with E-state index in [1.165, 1.54) is 83.5 Å². The van der Waals surface area contributed by atoms with E-state index in [0.29, 0.717) is 13.2 Å². The minimum absolute atomic E-state index is 0.452. The number of hydrogen-bond donors (Lipinski definition) is 0. The van der Waals surface area contributed by atoms with Crippen molar-refractivity contribution in [2.75, 3.05) is 13.2 Å². The maximum atomic E-state index is 11.1. The predicted molar refractivity (Wildman–Crippen MR) is 95.5 cm³/mol. The molecule has 0 bridgehead atoms. The molecule has 1 atom stereocenters. The Kier molecular flexibility index (Phi) is 19.1. The number of rotatable bonds is 18. The Hall–Kier alpha value is 0.0200. The average Bonchev–Trinajstić information content (AvgIpc) is 2.51. The van der Waals surface area contributed by atoms with E-state index in [0.717, 1.165) is 6.42 Å². The first-order valence-corrected chi connectivity index (χ1v) is 10.6. The second kappa shape index (κ2) is 19.1. The first-order chi connectivity index (χ1) is 10.8. The summed E-state index contributed by atoms with van der Waals surface area (Å²) in [7, 11) is -1.87. The fourth-order valence-electron chi connectivity index (χ4n) is 2.58. The van der Waals surface area contributed by atoms with E-state index >= 15 is 0 Å². The van der Waals surface area contributed by atoms with Gasteiger partial charge in [0.05, 0.1) is 0 Å². The quantitative estimate of drug-likeness (QED) is 0.197. The molecule has 0 rings (SSSR count). The Morgan fingerprint density at radius 2 is 1.00 bits per heavy atom. The standard InChI is InChI=1S/C18H38O3P/c1-3-5-6-7-8-9-10-11-12-13-14-15-16-17-18-21-22(19)20-4-2/h3-18H2,1-2H3/q+1. The smallest absolute Gasteiger partial charge is 0.119 e. The molecule has 0 N–H and O–H groups in total. The van der Waals surface area contributed by atoms with Crippen LogP contribution in [0.2, 0.25) is 0 Å². The van der Waals surface area contributed by atoms with E-state index in [2.05, 4.69) is 6.92 Å². The largest absolute Gasteiger partial charge is 0.697 e. The molecule has 0 spiro atoms. The average molecular weight is 333 g/mol. The first-order valence-electron chi connectivity index (χ1n) is 9.54. The second-order valence-electron chi connectivity index (χ2n) is 6.07. The molecule has 3 nitrogen and oxygen atoms in total. The third-order valence-corrected chi connectivity index (χ3v) is 4.79. The molecule has 0 heterocycles. The van der Waals surface area contributed by atoms with E-state index < -0.39 is 8.25 Å². The van der Waals surface area contributed by atoms with Crippen molar-refractivity contribution in [1.82, 2.24) is 0 Å². The Morgan fingerprint density at radius 3 is 1.41 bits per heavy atom. The lowest BCUT2D eigenvalue weighted by Gasteiger charge is -2.02. The van der Waals surface area contributed by atoms with Crippen LogP contribution in [0, 0.1) is 0 Å². The monoisotopic (exact) mass is 333 g/mol. The number of hydrogen-bond acceptors (Lipinski definition) is 3. The van der Waals surface area contributed by atoms with Crippen LogP contribution in [0.5, 0.6) is 0 Å². The second-order valence-corrected chi connectivity index (χ2v) is 7.03. The lowest BCUT2D eigenvalue weighted by molar-refractivity contribution is 0.229. The minimum atomic E-state index is -1.87. The summed E-state index contributed by atoms with van der Waals surface area (Å²) in [5, 5.41) is 0. The van der Waals surface area contributed by atoms with Crippen LogP contribution < -0.4 is 0 Å². The van der Waals surface area contributed by atoms with Gasteiger partial charge in [-0.05, 0) is 13.3 Å². The molecule has 1 unspecified atom stereocenters. The predicted octanol–water partition coefficient (Wildman–Crippen LogP) is 7.18. The highest BCUT2D eigenvalue weighted by Crippen LogP contribution is 2.23. The van der Waals surface area contributed by atoms with E-state index in [1.807, 2.05) is 6.92 Å². The van der Waals surface area contributed by atoms with Gasteiger partial charge in [-0.25, -0.2) is 0 Å². The topological polar surface area (TPSA) is 35.5 Å². The highest BCUT2D eigenvalue weighted by molar-refractivity contribution is 7.33. The third kappa shape index (κ3) is 18.1. The maximum absolute atomic E-state index is 11.1. The molecule has 0 aromatic carbocycles. The first kappa shape index (κ1) is 22.0. The summed E-state index contributed by atoms with van der Waals surface area (Å²) in [6.45, 7) is 5.11. The van der Waals surface area contributed by atoms with E-state index in [-0.39, 0.29) is 0 Å². The molecule has 0 aromatic rings. The van der Waals surface area contributed by atoms with Crippen molar-refractivity contribution in [3.8, 4) is 0 Å². The van der Waals surface area contributed by atoms with Crippen LogP contribution in [0.15, 0.2) is 0 Å². The minimum Gasteiger partial charge on any atom is -0.119 e. The summed E-state index contributed by atoms with van der Waals surface area (Å²) < 4.78 is 21.0. The van der Waals surface area contributed by atoms with Gasteiger partial charge in [-0.3, -0.25) is 0 Å². The Labute approximate surface area is 139 Å². The fraction of sp³-hybridized carbons (Fsp3) is 1.00. The molecule has 0 amide bonds. The van der Waals surface area contributed by atoms with Crippen molar-refractivity contribution >= 4 is 8.25 Å². The zero-order chi connectivity index (χ0) is 16.3. The van der Waals surface area contributed by atoms with Crippen LogP contribution in [-0.2, 0) is 13.6 Å². The summed E-state index contributed by atoms with van der Waals surface area (Å²) in [4.78, 5) is 0. The van der Waals surface area contributed by atoms with Crippen LogP contribution in [-0.4, -0.2) is 13.2 Å². The molecule has 22 heavy (non-hydrogen) atoms. The van der Waals surface area contributed by atoms with E-state index in [4.69, 9.17) is 9.05 Å². The summed E-state index contributed by atoms with van der Waals surface area (Å²) in [5.74, 6) is 0. The van der Waals surface area contributed by atoms with Crippen LogP contribution >= 0.6 is 8.25 Å². The van der Waals surface area contributed by atoms with E-state index in [1.54, 1.807) is 0 Å². The van der Waals surface area contributed by atoms with Gasteiger partial charge in [0.15, 0.2) is 0 Å². The van der Waals surface area contributed by atoms with Crippen LogP contribution in [0.4, 0.5) is 0 Å². The number of unbranched alkanes of at least 4 members (excludes halogenated alkanes) is 13. The molecule has 0 aliphatic rings. The highest BCUT2D eigenvalue weighted by atomic mass is 31.1. The lowest BCUT2D eigenvalue weighted by Crippen LogP contribution is -1.89. The van der Waals surface area contributed by atoms with Crippen molar-refractivity contribution in [3.63, 3.8) is 0 Å². The van der Waals surface area contributed by atoms with Crippen LogP contribution in [0.1, 0.15) is 104 Å². The molecular weight excluding hydrogens is 295 g/mol. The molecular formula is C18H38O3P+. The Morgan fingerprint density at radius 1 is 0.591 bits per heavy atom. The Balaban J connectivity index is 3.01. The van der Waals surface area contributed by atoms with Crippen molar-refractivity contribution in [1.29, 1.82) is 0 Å². The third-order valence-electron chi connectivity index (χ3n) is 3.93. The fourth-order valence-corrected chi connectivity index (χ4v) is 3.14. The van der Waals surface area contributed by atoms with Crippen molar-refractivity contribution in [2.45, 2.75) is 104 Å². The normalized spacial score (nSPS) is 11.8. The van der Waals surface area contributed by atoms with Crippen LogP contribution in [0.3, 0.4) is 0 Å². The zero-order valence-corrected chi connectivity index (χ0v) is 15.9. The SMILES string of the molecule is CCCCCCCCCCCCCCCCO[P+](=O)OCC. The van der Waals surface area contributed by atoms with Gasteiger partial charge in [0.2, 0.25) is 0 Å². The molecule has 4 heteroatoms. The van der Waals surface area contributed by atoms with Crippen molar-refractivity contribution in [2.24, 2.45) is 0 Å². The van der Waals surface area contributed by atoms with Crippen LogP contribution in [0.25, 0.3) is 0 Å². The molecule has 0 saturated carbocycles. The van der Waals surface area contributed by atoms with E-state index in [9.17, 15) is 4.57 Å². The molecule has 0 aromatic heterocycles. The molecule has 0 fully saturated rings. The van der Waals surface area contributed by atoms with Crippen molar-refractivity contribution in [3.05, 3.63) is 0 Å². The van der Waals surface area contributed by atoms with Gasteiger partial charge in [-0.2, -0.15) is 0 Å². The van der Waals surface area contributed by atoms with Gasteiger partial charge >= 0.3 is 8.25 Å². The maximum Gasteiger partial charge on any atom is 0.697 e.